The summed E-state index contributed by atoms with van der Waals surface area (Å²) in [5.74, 6) is 1.32. The average molecular weight is 379 g/mol. The second-order valence-electron chi connectivity index (χ2n) is 5.35. The summed E-state index contributed by atoms with van der Waals surface area (Å²) in [6, 6.07) is 14.0. The molecule has 0 aliphatic rings. The average Bonchev–Trinajstić information content (AvgIpc) is 3.04. The first-order chi connectivity index (χ1) is 11.6. The van der Waals surface area contributed by atoms with Crippen LogP contribution in [-0.4, -0.2) is 10.2 Å². The topological polar surface area (TPSA) is 38.9 Å². The molecule has 3 aromatic rings. The predicted molar refractivity (Wildman–Crippen MR) is 98.9 cm³/mol. The molecule has 6 heteroatoms. The van der Waals surface area contributed by atoms with E-state index in [-0.39, 0.29) is 0 Å². The van der Waals surface area contributed by atoms with E-state index in [2.05, 4.69) is 41.4 Å². The van der Waals surface area contributed by atoms with Crippen molar-refractivity contribution in [2.45, 2.75) is 30.7 Å². The normalized spacial score (nSPS) is 11.0. The van der Waals surface area contributed by atoms with Crippen molar-refractivity contribution in [2.24, 2.45) is 0 Å². The van der Waals surface area contributed by atoms with Crippen LogP contribution in [0.5, 0.6) is 0 Å². The zero-order chi connectivity index (χ0) is 16.9. The Morgan fingerprint density at radius 2 is 1.62 bits per heavy atom. The maximum absolute atomic E-state index is 6.02. The van der Waals surface area contributed by atoms with Crippen LogP contribution in [0, 0.1) is 0 Å². The number of aryl methyl sites for hydroxylation is 1. The molecule has 0 atom stereocenters. The minimum atomic E-state index is 0.552. The third-order valence-electron chi connectivity index (χ3n) is 3.58. The highest BCUT2D eigenvalue weighted by atomic mass is 35.5. The lowest BCUT2D eigenvalue weighted by Crippen LogP contribution is -1.89. The molecule has 0 aliphatic heterocycles. The SMILES string of the molecule is CCc1ccc(Cc2nnc(SCc3ccc(Cl)c(Cl)c3)o2)cc1. The lowest BCUT2D eigenvalue weighted by atomic mass is 10.1. The monoisotopic (exact) mass is 378 g/mol. The van der Waals surface area contributed by atoms with Crippen molar-refractivity contribution in [1.29, 1.82) is 0 Å². The Bertz CT molecular complexity index is 818. The Morgan fingerprint density at radius 1 is 0.917 bits per heavy atom. The lowest BCUT2D eigenvalue weighted by molar-refractivity contribution is 0.420. The van der Waals surface area contributed by atoms with Crippen LogP contribution >= 0.6 is 35.0 Å². The highest BCUT2D eigenvalue weighted by Crippen LogP contribution is 2.27. The van der Waals surface area contributed by atoms with Crippen LogP contribution in [0.25, 0.3) is 0 Å². The summed E-state index contributed by atoms with van der Waals surface area (Å²) < 4.78 is 5.70. The molecule has 0 unspecified atom stereocenters. The smallest absolute Gasteiger partial charge is 0.276 e. The first kappa shape index (κ1) is 17.3. The van der Waals surface area contributed by atoms with Crippen LogP contribution < -0.4 is 0 Å². The fourth-order valence-electron chi connectivity index (χ4n) is 2.21. The Morgan fingerprint density at radius 3 is 2.33 bits per heavy atom. The number of hydrogen-bond acceptors (Lipinski definition) is 4. The Kier molecular flexibility index (Phi) is 5.82. The van der Waals surface area contributed by atoms with Crippen LogP contribution in [-0.2, 0) is 18.6 Å². The molecule has 2 aromatic carbocycles. The second-order valence-corrected chi connectivity index (χ2v) is 7.09. The van der Waals surface area contributed by atoms with Crippen LogP contribution in [0.2, 0.25) is 10.0 Å². The minimum absolute atomic E-state index is 0.552. The van der Waals surface area contributed by atoms with Crippen molar-refractivity contribution in [3.8, 4) is 0 Å². The van der Waals surface area contributed by atoms with Crippen molar-refractivity contribution < 1.29 is 4.42 Å². The molecule has 24 heavy (non-hydrogen) atoms. The van der Waals surface area contributed by atoms with E-state index in [0.29, 0.717) is 33.3 Å². The number of thioether (sulfide) groups is 1. The first-order valence-electron chi connectivity index (χ1n) is 7.61. The van der Waals surface area contributed by atoms with Gasteiger partial charge in [-0.25, -0.2) is 0 Å². The van der Waals surface area contributed by atoms with Crippen LogP contribution in [0.3, 0.4) is 0 Å². The molecule has 124 valence electrons. The van der Waals surface area contributed by atoms with Gasteiger partial charge in [0.2, 0.25) is 5.89 Å². The van der Waals surface area contributed by atoms with Crippen LogP contribution in [0.15, 0.2) is 52.1 Å². The molecule has 0 fully saturated rings. The number of nitrogens with zero attached hydrogens (tertiary/aromatic N) is 2. The predicted octanol–water partition coefficient (Wildman–Crippen LogP) is 5.82. The maximum Gasteiger partial charge on any atom is 0.276 e. The molecule has 3 nitrogen and oxygen atoms in total. The van der Waals surface area contributed by atoms with Gasteiger partial charge in [0, 0.05) is 5.75 Å². The van der Waals surface area contributed by atoms with E-state index in [4.69, 9.17) is 27.6 Å². The molecule has 0 saturated carbocycles. The molecule has 0 N–H and O–H groups in total. The molecule has 0 amide bonds. The van der Waals surface area contributed by atoms with Crippen LogP contribution in [0.1, 0.15) is 29.5 Å². The zero-order valence-electron chi connectivity index (χ0n) is 13.1. The number of halogens is 2. The van der Waals surface area contributed by atoms with Crippen molar-refractivity contribution in [3.05, 3.63) is 75.1 Å². The molecule has 0 aliphatic carbocycles. The highest BCUT2D eigenvalue weighted by Gasteiger charge is 2.09. The summed E-state index contributed by atoms with van der Waals surface area (Å²) in [4.78, 5) is 0. The van der Waals surface area contributed by atoms with Gasteiger partial charge in [-0.3, -0.25) is 0 Å². The first-order valence-corrected chi connectivity index (χ1v) is 9.35. The molecule has 0 saturated heterocycles. The van der Waals surface area contributed by atoms with Gasteiger partial charge in [-0.1, -0.05) is 72.2 Å². The third kappa shape index (κ3) is 4.53. The van der Waals surface area contributed by atoms with Gasteiger partial charge in [0.05, 0.1) is 16.5 Å². The summed E-state index contributed by atoms with van der Waals surface area (Å²) in [5, 5.41) is 9.87. The molecule has 0 spiro atoms. The van der Waals surface area contributed by atoms with Gasteiger partial charge in [-0.2, -0.15) is 0 Å². The van der Waals surface area contributed by atoms with E-state index in [1.54, 1.807) is 6.07 Å². The Labute approximate surface area is 155 Å². The number of aromatic nitrogens is 2. The van der Waals surface area contributed by atoms with E-state index >= 15 is 0 Å². The zero-order valence-corrected chi connectivity index (χ0v) is 15.5. The van der Waals surface area contributed by atoms with Gasteiger partial charge < -0.3 is 4.42 Å². The summed E-state index contributed by atoms with van der Waals surface area (Å²) in [7, 11) is 0. The van der Waals surface area contributed by atoms with E-state index in [1.807, 2.05) is 12.1 Å². The van der Waals surface area contributed by atoms with E-state index in [1.165, 1.54) is 17.3 Å². The molecule has 3 rings (SSSR count). The number of benzene rings is 2. The summed E-state index contributed by atoms with van der Waals surface area (Å²) >= 11 is 13.4. The molecular formula is C18H16Cl2N2OS. The Hall–Kier alpha value is -1.49. The van der Waals surface area contributed by atoms with Crippen molar-refractivity contribution in [2.75, 3.05) is 0 Å². The van der Waals surface area contributed by atoms with E-state index in [0.717, 1.165) is 17.5 Å². The van der Waals surface area contributed by atoms with Gasteiger partial charge in [0.25, 0.3) is 5.22 Å². The second kappa shape index (κ2) is 8.06. The largest absolute Gasteiger partial charge is 0.416 e. The van der Waals surface area contributed by atoms with Gasteiger partial charge in [-0.15, -0.1) is 10.2 Å². The fraction of sp³-hybridized carbons (Fsp3) is 0.222. The van der Waals surface area contributed by atoms with Gasteiger partial charge in [0.15, 0.2) is 0 Å². The van der Waals surface area contributed by atoms with Crippen molar-refractivity contribution >= 4 is 35.0 Å². The molecule has 0 bridgehead atoms. The fourth-order valence-corrected chi connectivity index (χ4v) is 3.25. The van der Waals surface area contributed by atoms with Crippen LogP contribution in [0.4, 0.5) is 0 Å². The summed E-state index contributed by atoms with van der Waals surface area (Å²) in [5.41, 5.74) is 3.54. The number of hydrogen-bond donors (Lipinski definition) is 0. The minimum Gasteiger partial charge on any atom is -0.416 e. The maximum atomic E-state index is 6.02. The van der Waals surface area contributed by atoms with E-state index < -0.39 is 0 Å². The molecule has 1 heterocycles. The third-order valence-corrected chi connectivity index (χ3v) is 5.21. The highest BCUT2D eigenvalue weighted by molar-refractivity contribution is 7.98. The summed E-state index contributed by atoms with van der Waals surface area (Å²) in [6.07, 6.45) is 1.68. The van der Waals surface area contributed by atoms with Gasteiger partial charge >= 0.3 is 0 Å². The van der Waals surface area contributed by atoms with Gasteiger partial charge in [-0.05, 0) is 35.2 Å². The number of rotatable bonds is 6. The Balaban J connectivity index is 1.59. The van der Waals surface area contributed by atoms with Crippen molar-refractivity contribution in [1.82, 2.24) is 10.2 Å². The molecule has 1 aromatic heterocycles. The van der Waals surface area contributed by atoms with Gasteiger partial charge in [0.1, 0.15) is 0 Å². The summed E-state index contributed by atoms with van der Waals surface area (Å²) in [6.45, 7) is 2.14. The van der Waals surface area contributed by atoms with E-state index in [9.17, 15) is 0 Å². The molecule has 0 radical (unpaired) electrons. The molecular weight excluding hydrogens is 363 g/mol. The van der Waals surface area contributed by atoms with Crippen molar-refractivity contribution in [3.63, 3.8) is 0 Å². The quantitative estimate of drug-likeness (QED) is 0.506. The standard InChI is InChI=1S/C18H16Cl2N2OS/c1-2-12-3-5-13(6-4-12)10-17-21-22-18(23-17)24-11-14-7-8-15(19)16(20)9-14/h3-9H,2,10-11H2,1H3. The lowest BCUT2D eigenvalue weighted by Gasteiger charge is -2.01.